The Morgan fingerprint density at radius 1 is 0.706 bits per heavy atom. The average Bonchev–Trinajstić information content (AvgIpc) is 2.29. The summed E-state index contributed by atoms with van der Waals surface area (Å²) in [5.74, 6) is -0.569. The second kappa shape index (κ2) is 5.03. The van der Waals surface area contributed by atoms with Crippen LogP contribution in [-0.2, 0) is 0 Å². The maximum atomic E-state index is 13.4. The van der Waals surface area contributed by atoms with E-state index in [0.717, 1.165) is 5.56 Å². The molecule has 0 bridgehead atoms. The third-order valence-electron chi connectivity index (χ3n) is 2.24. The summed E-state index contributed by atoms with van der Waals surface area (Å²) >= 11 is 23.1. The van der Waals surface area contributed by atoms with E-state index >= 15 is 0 Å². The van der Waals surface area contributed by atoms with E-state index in [9.17, 15) is 4.39 Å². The second-order valence-electron chi connectivity index (χ2n) is 3.38. The highest BCUT2D eigenvalue weighted by atomic mass is 35.5. The molecule has 0 unspecified atom stereocenters. The molecule has 0 nitrogen and oxygen atoms in total. The average molecular weight is 310 g/mol. The first-order chi connectivity index (χ1) is 7.99. The Morgan fingerprint density at radius 3 is 1.94 bits per heavy atom. The van der Waals surface area contributed by atoms with Crippen molar-refractivity contribution in [3.63, 3.8) is 0 Å². The van der Waals surface area contributed by atoms with Gasteiger partial charge in [-0.05, 0) is 35.4 Å². The molecule has 5 heteroatoms. The lowest BCUT2D eigenvalue weighted by Crippen LogP contribution is -1.84. The molecule has 0 fully saturated rings. The van der Waals surface area contributed by atoms with Crippen LogP contribution >= 0.6 is 46.4 Å². The smallest absolute Gasteiger partial charge is 0.143 e. The third kappa shape index (κ3) is 2.69. The summed E-state index contributed by atoms with van der Waals surface area (Å²) < 4.78 is 13.4. The predicted molar refractivity (Wildman–Crippen MR) is 71.9 cm³/mol. The normalized spacial score (nSPS) is 10.6. The lowest BCUT2D eigenvalue weighted by atomic mass is 10.1. The Kier molecular flexibility index (Phi) is 3.84. The number of hydrogen-bond donors (Lipinski definition) is 0. The third-order valence-corrected chi connectivity index (χ3v) is 3.75. The molecule has 88 valence electrons. The van der Waals surface area contributed by atoms with E-state index in [2.05, 4.69) is 0 Å². The van der Waals surface area contributed by atoms with Crippen LogP contribution in [0.4, 0.5) is 4.39 Å². The summed E-state index contributed by atoms with van der Waals surface area (Å²) in [6.45, 7) is 0. The maximum absolute atomic E-state index is 13.4. The van der Waals surface area contributed by atoms with Crippen molar-refractivity contribution in [1.82, 2.24) is 0 Å². The minimum Gasteiger partial charge on any atom is -0.205 e. The van der Waals surface area contributed by atoms with Gasteiger partial charge >= 0.3 is 0 Å². The van der Waals surface area contributed by atoms with Gasteiger partial charge < -0.3 is 0 Å². The molecule has 0 saturated carbocycles. The Morgan fingerprint density at radius 2 is 1.35 bits per heavy atom. The Bertz CT molecular complexity index is 558. The monoisotopic (exact) mass is 308 g/mol. The summed E-state index contributed by atoms with van der Waals surface area (Å²) in [6, 6.07) is 7.88. The van der Waals surface area contributed by atoms with Crippen LogP contribution < -0.4 is 0 Å². The van der Waals surface area contributed by atoms with Crippen molar-refractivity contribution in [3.8, 4) is 11.1 Å². The molecule has 0 saturated heterocycles. The van der Waals surface area contributed by atoms with E-state index in [1.165, 1.54) is 6.07 Å². The first-order valence-corrected chi connectivity index (χ1v) is 6.10. The number of hydrogen-bond acceptors (Lipinski definition) is 0. The van der Waals surface area contributed by atoms with Crippen LogP contribution in [0.25, 0.3) is 11.1 Å². The molecule has 0 aliphatic rings. The number of halogens is 5. The van der Waals surface area contributed by atoms with Crippen molar-refractivity contribution in [1.29, 1.82) is 0 Å². The van der Waals surface area contributed by atoms with Crippen molar-refractivity contribution in [2.75, 3.05) is 0 Å². The van der Waals surface area contributed by atoms with Gasteiger partial charge in [0.15, 0.2) is 0 Å². The fraction of sp³-hybridized carbons (Fsp3) is 0. The summed E-state index contributed by atoms with van der Waals surface area (Å²) in [5, 5.41) is 0.912. The first-order valence-electron chi connectivity index (χ1n) is 4.59. The lowest BCUT2D eigenvalue weighted by Gasteiger charge is -2.06. The van der Waals surface area contributed by atoms with Crippen LogP contribution in [0.2, 0.25) is 20.1 Å². The SMILES string of the molecule is Fc1cc(-c2ccc(Cl)c(Cl)c2)cc(Cl)c1Cl. The zero-order chi connectivity index (χ0) is 12.6. The van der Waals surface area contributed by atoms with Crippen molar-refractivity contribution in [2.24, 2.45) is 0 Å². The summed E-state index contributed by atoms with van der Waals surface area (Å²) in [5.41, 5.74) is 1.31. The van der Waals surface area contributed by atoms with E-state index in [1.54, 1.807) is 24.3 Å². The predicted octanol–water partition coefficient (Wildman–Crippen LogP) is 6.11. The minimum atomic E-state index is -0.569. The van der Waals surface area contributed by atoms with Gasteiger partial charge in [0.2, 0.25) is 0 Å². The topological polar surface area (TPSA) is 0 Å². The van der Waals surface area contributed by atoms with Crippen LogP contribution in [0.1, 0.15) is 0 Å². The van der Waals surface area contributed by atoms with Crippen LogP contribution in [0, 0.1) is 5.82 Å². The second-order valence-corrected chi connectivity index (χ2v) is 4.98. The number of benzene rings is 2. The molecule has 0 aliphatic heterocycles. The molecular weight excluding hydrogens is 305 g/mol. The molecule has 0 amide bonds. The van der Waals surface area contributed by atoms with Gasteiger partial charge in [-0.3, -0.25) is 0 Å². The molecule has 0 heterocycles. The Labute approximate surface area is 118 Å². The largest absolute Gasteiger partial charge is 0.205 e. The van der Waals surface area contributed by atoms with Gasteiger partial charge in [0.25, 0.3) is 0 Å². The summed E-state index contributed by atoms with van der Waals surface area (Å²) in [4.78, 5) is 0. The molecule has 0 atom stereocenters. The molecule has 2 rings (SSSR count). The van der Waals surface area contributed by atoms with E-state index in [0.29, 0.717) is 15.6 Å². The molecular formula is C12H5Cl4F. The minimum absolute atomic E-state index is 0.0875. The molecule has 0 radical (unpaired) electrons. The van der Waals surface area contributed by atoms with Gasteiger partial charge in [0.1, 0.15) is 5.82 Å². The highest BCUT2D eigenvalue weighted by Gasteiger charge is 2.09. The summed E-state index contributed by atoms with van der Waals surface area (Å²) in [7, 11) is 0. The molecule has 0 N–H and O–H groups in total. The maximum Gasteiger partial charge on any atom is 0.143 e. The first kappa shape index (κ1) is 13.0. The van der Waals surface area contributed by atoms with Crippen molar-refractivity contribution in [2.45, 2.75) is 0 Å². The van der Waals surface area contributed by atoms with E-state index in [1.807, 2.05) is 0 Å². The Balaban J connectivity index is 2.57. The van der Waals surface area contributed by atoms with Crippen LogP contribution in [0.5, 0.6) is 0 Å². The van der Waals surface area contributed by atoms with Crippen molar-refractivity contribution in [3.05, 3.63) is 56.2 Å². The van der Waals surface area contributed by atoms with E-state index < -0.39 is 5.82 Å². The highest BCUT2D eigenvalue weighted by molar-refractivity contribution is 6.43. The van der Waals surface area contributed by atoms with E-state index in [-0.39, 0.29) is 10.0 Å². The molecule has 2 aromatic rings. The highest BCUT2D eigenvalue weighted by Crippen LogP contribution is 2.33. The standard InChI is InChI=1S/C12H5Cl4F/c13-8-2-1-6(3-9(8)14)7-4-10(15)12(16)11(17)5-7/h1-5H. The molecule has 0 aliphatic carbocycles. The molecule has 0 aromatic heterocycles. The quantitative estimate of drug-likeness (QED) is 0.558. The van der Waals surface area contributed by atoms with Gasteiger partial charge in [0, 0.05) is 0 Å². The Hall–Kier alpha value is -0.470. The fourth-order valence-electron chi connectivity index (χ4n) is 1.40. The molecule has 2 aromatic carbocycles. The zero-order valence-electron chi connectivity index (χ0n) is 8.28. The zero-order valence-corrected chi connectivity index (χ0v) is 11.3. The van der Waals surface area contributed by atoms with Gasteiger partial charge in [-0.25, -0.2) is 4.39 Å². The van der Waals surface area contributed by atoms with Crippen molar-refractivity contribution >= 4 is 46.4 Å². The molecule has 0 spiro atoms. The van der Waals surface area contributed by atoms with Gasteiger partial charge in [0.05, 0.1) is 20.1 Å². The summed E-state index contributed by atoms with van der Waals surface area (Å²) in [6.07, 6.45) is 0. The number of rotatable bonds is 1. The fourth-order valence-corrected chi connectivity index (χ4v) is 2.01. The van der Waals surface area contributed by atoms with Crippen LogP contribution in [0.3, 0.4) is 0 Å². The van der Waals surface area contributed by atoms with Crippen LogP contribution in [0.15, 0.2) is 30.3 Å². The van der Waals surface area contributed by atoms with Crippen LogP contribution in [-0.4, -0.2) is 0 Å². The van der Waals surface area contributed by atoms with Gasteiger partial charge in [-0.1, -0.05) is 52.5 Å². The molecule has 17 heavy (non-hydrogen) atoms. The lowest BCUT2D eigenvalue weighted by molar-refractivity contribution is 0.629. The van der Waals surface area contributed by atoms with Crippen molar-refractivity contribution < 1.29 is 4.39 Å². The van der Waals surface area contributed by atoms with E-state index in [4.69, 9.17) is 46.4 Å². The van der Waals surface area contributed by atoms with Gasteiger partial charge in [-0.15, -0.1) is 0 Å². The van der Waals surface area contributed by atoms with Gasteiger partial charge in [-0.2, -0.15) is 0 Å².